The van der Waals surface area contributed by atoms with Crippen LogP contribution in [0.2, 0.25) is 10.0 Å². The van der Waals surface area contributed by atoms with Gasteiger partial charge in [-0.2, -0.15) is 0 Å². The zero-order chi connectivity index (χ0) is 32.4. The van der Waals surface area contributed by atoms with Crippen LogP contribution in [0.4, 0.5) is 5.69 Å². The largest absolute Gasteiger partial charge is 0.354 e. The Morgan fingerprint density at radius 3 is 2.18 bits per heavy atom. The third kappa shape index (κ3) is 8.87. The molecule has 4 aromatic rings. The quantitative estimate of drug-likeness (QED) is 0.146. The van der Waals surface area contributed by atoms with Gasteiger partial charge >= 0.3 is 0 Å². The van der Waals surface area contributed by atoms with Crippen LogP contribution in [0.5, 0.6) is 0 Å². The summed E-state index contributed by atoms with van der Waals surface area (Å²) in [6, 6.07) is 28.4. The van der Waals surface area contributed by atoms with Gasteiger partial charge in [-0.25, -0.2) is 8.42 Å². The molecular formula is C35H37Cl2N3O4S. The summed E-state index contributed by atoms with van der Waals surface area (Å²) >= 11 is 12.8. The Kier molecular flexibility index (Phi) is 12.0. The molecule has 0 radical (unpaired) electrons. The van der Waals surface area contributed by atoms with Crippen molar-refractivity contribution in [2.75, 3.05) is 17.4 Å². The van der Waals surface area contributed by atoms with Crippen LogP contribution in [0, 0.1) is 6.92 Å². The van der Waals surface area contributed by atoms with Gasteiger partial charge < -0.3 is 10.2 Å². The standard InChI is InChI=1S/C35H37Cl2N3O4S/c1-3-4-21-38-35(42)33(22-27-14-7-5-8-15-27)39(24-28-16-12-11-13-26(28)2)34(41)25-40(32-23-29(36)19-20-31(32)37)45(43,44)30-17-9-6-10-18-30/h5-20,23,33H,3-4,21-22,24-25H2,1-2H3,(H,38,42)/t33-/m0/s1. The van der Waals surface area contributed by atoms with E-state index in [0.717, 1.165) is 33.8 Å². The van der Waals surface area contributed by atoms with E-state index in [0.29, 0.717) is 6.54 Å². The summed E-state index contributed by atoms with van der Waals surface area (Å²) in [6.07, 6.45) is 1.91. The van der Waals surface area contributed by atoms with Crippen molar-refractivity contribution in [2.45, 2.75) is 50.6 Å². The predicted octanol–water partition coefficient (Wildman–Crippen LogP) is 7.05. The highest BCUT2D eigenvalue weighted by Crippen LogP contribution is 2.33. The number of carbonyl (C=O) groups is 2. The van der Waals surface area contributed by atoms with E-state index in [-0.39, 0.29) is 39.5 Å². The first-order valence-electron chi connectivity index (χ1n) is 14.8. The average molecular weight is 667 g/mol. The Bertz CT molecular complexity index is 1700. The lowest BCUT2D eigenvalue weighted by atomic mass is 10.0. The zero-order valence-corrected chi connectivity index (χ0v) is 27.7. The van der Waals surface area contributed by atoms with Crippen LogP contribution in [0.1, 0.15) is 36.5 Å². The summed E-state index contributed by atoms with van der Waals surface area (Å²) in [6.45, 7) is 3.90. The Balaban J connectivity index is 1.82. The van der Waals surface area contributed by atoms with Gasteiger partial charge in [0.2, 0.25) is 11.8 Å². The maximum absolute atomic E-state index is 14.5. The van der Waals surface area contributed by atoms with E-state index < -0.39 is 28.5 Å². The molecule has 4 aromatic carbocycles. The number of amides is 2. The summed E-state index contributed by atoms with van der Waals surface area (Å²) in [4.78, 5) is 29.8. The SMILES string of the molecule is CCCCNC(=O)[C@H](Cc1ccccc1)N(Cc1ccccc1C)C(=O)CN(c1cc(Cl)ccc1Cl)S(=O)(=O)c1ccccc1. The number of aryl methyl sites for hydroxylation is 1. The second-order valence-corrected chi connectivity index (χ2v) is 13.4. The fourth-order valence-corrected chi connectivity index (χ4v) is 6.82. The summed E-state index contributed by atoms with van der Waals surface area (Å²) in [5.74, 6) is -0.882. The first-order valence-corrected chi connectivity index (χ1v) is 17.0. The second-order valence-electron chi connectivity index (χ2n) is 10.7. The molecule has 1 N–H and O–H groups in total. The molecule has 4 rings (SSSR count). The maximum Gasteiger partial charge on any atom is 0.264 e. The van der Waals surface area contributed by atoms with Gasteiger partial charge in [0.1, 0.15) is 12.6 Å². The molecule has 0 aliphatic carbocycles. The molecule has 0 spiro atoms. The van der Waals surface area contributed by atoms with Crippen molar-refractivity contribution in [1.29, 1.82) is 0 Å². The van der Waals surface area contributed by atoms with Crippen molar-refractivity contribution in [3.63, 3.8) is 0 Å². The Hall–Kier alpha value is -3.85. The van der Waals surface area contributed by atoms with Crippen molar-refractivity contribution in [1.82, 2.24) is 10.2 Å². The normalized spacial score (nSPS) is 11.9. The summed E-state index contributed by atoms with van der Waals surface area (Å²) < 4.78 is 29.2. The molecule has 0 aliphatic heterocycles. The predicted molar refractivity (Wildman–Crippen MR) is 181 cm³/mol. The molecule has 7 nitrogen and oxygen atoms in total. The summed E-state index contributed by atoms with van der Waals surface area (Å²) in [7, 11) is -4.28. The monoisotopic (exact) mass is 665 g/mol. The number of hydrogen-bond acceptors (Lipinski definition) is 4. The Labute approximate surface area is 275 Å². The molecule has 10 heteroatoms. The number of halogens is 2. The number of benzene rings is 4. The highest BCUT2D eigenvalue weighted by atomic mass is 35.5. The number of nitrogens with one attached hydrogen (secondary N) is 1. The van der Waals surface area contributed by atoms with Crippen molar-refractivity contribution >= 4 is 50.7 Å². The van der Waals surface area contributed by atoms with Gasteiger partial charge in [-0.05, 0) is 60.4 Å². The van der Waals surface area contributed by atoms with Gasteiger partial charge in [-0.15, -0.1) is 0 Å². The van der Waals surface area contributed by atoms with Crippen molar-refractivity contribution < 1.29 is 18.0 Å². The van der Waals surface area contributed by atoms with E-state index in [1.54, 1.807) is 24.3 Å². The van der Waals surface area contributed by atoms with E-state index in [2.05, 4.69) is 5.32 Å². The number of anilines is 1. The highest BCUT2D eigenvalue weighted by Gasteiger charge is 2.35. The number of rotatable bonds is 14. The number of sulfonamides is 1. The van der Waals surface area contributed by atoms with Crippen molar-refractivity contribution in [3.8, 4) is 0 Å². The molecule has 0 unspecified atom stereocenters. The van der Waals surface area contributed by atoms with E-state index in [9.17, 15) is 18.0 Å². The molecule has 0 heterocycles. The molecule has 2 amide bonds. The van der Waals surface area contributed by atoms with E-state index in [1.807, 2.05) is 68.4 Å². The number of nitrogens with zero attached hydrogens (tertiary/aromatic N) is 2. The molecular weight excluding hydrogens is 629 g/mol. The van der Waals surface area contributed by atoms with Gasteiger partial charge in [0, 0.05) is 24.5 Å². The van der Waals surface area contributed by atoms with Gasteiger partial charge in [-0.3, -0.25) is 13.9 Å². The first kappa shape index (κ1) is 34.0. The molecule has 0 aliphatic rings. The van der Waals surface area contributed by atoms with Crippen molar-refractivity contribution in [3.05, 3.63) is 130 Å². The topological polar surface area (TPSA) is 86.8 Å². The van der Waals surface area contributed by atoms with E-state index in [1.165, 1.54) is 29.2 Å². The smallest absolute Gasteiger partial charge is 0.264 e. The molecule has 0 fully saturated rings. The van der Waals surface area contributed by atoms with Crippen molar-refractivity contribution in [2.24, 2.45) is 0 Å². The lowest BCUT2D eigenvalue weighted by molar-refractivity contribution is -0.140. The number of carbonyl (C=O) groups excluding carboxylic acids is 2. The number of unbranched alkanes of at least 4 members (excludes halogenated alkanes) is 1. The Morgan fingerprint density at radius 1 is 0.867 bits per heavy atom. The summed E-state index contributed by atoms with van der Waals surface area (Å²) in [5.41, 5.74) is 2.70. The molecule has 0 saturated carbocycles. The minimum absolute atomic E-state index is 0.0163. The molecule has 0 bridgehead atoms. The first-order chi connectivity index (χ1) is 21.6. The van der Waals surface area contributed by atoms with Crippen LogP contribution in [-0.2, 0) is 32.6 Å². The minimum atomic E-state index is -4.28. The van der Waals surface area contributed by atoms with E-state index in [4.69, 9.17) is 23.2 Å². The summed E-state index contributed by atoms with van der Waals surface area (Å²) in [5, 5.41) is 3.35. The lowest BCUT2D eigenvalue weighted by Crippen LogP contribution is -2.53. The third-order valence-electron chi connectivity index (χ3n) is 7.49. The molecule has 0 saturated heterocycles. The number of hydrogen-bond donors (Lipinski definition) is 1. The van der Waals surface area contributed by atoms with Crippen LogP contribution < -0.4 is 9.62 Å². The fraction of sp³-hybridized carbons (Fsp3) is 0.257. The van der Waals surface area contributed by atoms with Gasteiger partial charge in [-0.1, -0.05) is 109 Å². The molecule has 45 heavy (non-hydrogen) atoms. The van der Waals surface area contributed by atoms with Crippen LogP contribution in [0.3, 0.4) is 0 Å². The third-order valence-corrected chi connectivity index (χ3v) is 9.82. The lowest BCUT2D eigenvalue weighted by Gasteiger charge is -2.34. The maximum atomic E-state index is 14.5. The molecule has 1 atom stereocenters. The average Bonchev–Trinajstić information content (AvgIpc) is 3.04. The molecule has 236 valence electrons. The zero-order valence-electron chi connectivity index (χ0n) is 25.3. The fourth-order valence-electron chi connectivity index (χ4n) is 4.94. The highest BCUT2D eigenvalue weighted by molar-refractivity contribution is 7.92. The van der Waals surface area contributed by atoms with E-state index >= 15 is 0 Å². The van der Waals surface area contributed by atoms with Gasteiger partial charge in [0.25, 0.3) is 10.0 Å². The van der Waals surface area contributed by atoms with Crippen LogP contribution in [0.15, 0.2) is 108 Å². The van der Waals surface area contributed by atoms with Crippen LogP contribution >= 0.6 is 23.2 Å². The van der Waals surface area contributed by atoms with Gasteiger partial charge in [0.05, 0.1) is 15.6 Å². The minimum Gasteiger partial charge on any atom is -0.354 e. The molecule has 0 aromatic heterocycles. The Morgan fingerprint density at radius 2 is 1.51 bits per heavy atom. The van der Waals surface area contributed by atoms with Crippen LogP contribution in [0.25, 0.3) is 0 Å². The second kappa shape index (κ2) is 15.9. The van der Waals surface area contributed by atoms with Crippen LogP contribution in [-0.4, -0.2) is 44.3 Å². The van der Waals surface area contributed by atoms with Gasteiger partial charge in [0.15, 0.2) is 0 Å².